The van der Waals surface area contributed by atoms with Crippen LogP contribution in [-0.4, -0.2) is 10.9 Å². The first-order chi connectivity index (χ1) is 8.63. The van der Waals surface area contributed by atoms with Gasteiger partial charge in [0.25, 0.3) is 0 Å². The van der Waals surface area contributed by atoms with Gasteiger partial charge in [-0.1, -0.05) is 35.5 Å². The summed E-state index contributed by atoms with van der Waals surface area (Å²) < 4.78 is 0. The van der Waals surface area contributed by atoms with Gasteiger partial charge in [-0.15, -0.1) is 0 Å². The maximum absolute atomic E-state index is 9.25. The van der Waals surface area contributed by atoms with Gasteiger partial charge in [0.1, 0.15) is 5.71 Å². The van der Waals surface area contributed by atoms with E-state index in [-0.39, 0.29) is 0 Å². The first-order valence-corrected chi connectivity index (χ1v) is 5.78. The molecule has 2 aromatic carbocycles. The molecule has 0 saturated heterocycles. The highest BCUT2D eigenvalue weighted by Gasteiger charge is 2.12. The van der Waals surface area contributed by atoms with Crippen LogP contribution in [-0.2, 0) is 0 Å². The fourth-order valence-corrected chi connectivity index (χ4v) is 1.91. The summed E-state index contributed by atoms with van der Waals surface area (Å²) in [6.45, 7) is 4.02. The molecule has 2 aromatic rings. The van der Waals surface area contributed by atoms with Crippen molar-refractivity contribution in [3.63, 3.8) is 0 Å². The number of hydrogen-bond donors (Lipinski definition) is 2. The Morgan fingerprint density at radius 2 is 1.67 bits per heavy atom. The molecule has 0 aliphatic heterocycles. The third kappa shape index (κ3) is 2.20. The lowest BCUT2D eigenvalue weighted by atomic mass is 9.97. The predicted octanol–water partition coefficient (Wildman–Crippen LogP) is 3.11. The van der Waals surface area contributed by atoms with Gasteiger partial charge in [0.15, 0.2) is 0 Å². The van der Waals surface area contributed by atoms with Crippen LogP contribution in [0.15, 0.2) is 47.6 Å². The second kappa shape index (κ2) is 4.92. The Balaban J connectivity index is 2.57. The van der Waals surface area contributed by atoms with E-state index in [1.807, 2.05) is 56.3 Å². The van der Waals surface area contributed by atoms with Crippen molar-refractivity contribution in [3.05, 3.63) is 64.7 Å². The van der Waals surface area contributed by atoms with Crippen molar-refractivity contribution in [1.29, 1.82) is 0 Å². The molecule has 0 aliphatic carbocycles. The van der Waals surface area contributed by atoms with Crippen LogP contribution in [0, 0.1) is 13.8 Å². The summed E-state index contributed by atoms with van der Waals surface area (Å²) in [5.41, 5.74) is 11.0. The maximum atomic E-state index is 9.25. The molecule has 0 heterocycles. The maximum Gasteiger partial charge on any atom is 0.119 e. The molecule has 3 nitrogen and oxygen atoms in total. The predicted molar refractivity (Wildman–Crippen MR) is 74.2 cm³/mol. The summed E-state index contributed by atoms with van der Waals surface area (Å²) in [5, 5.41) is 12.6. The van der Waals surface area contributed by atoms with E-state index in [1.54, 1.807) is 0 Å². The van der Waals surface area contributed by atoms with Gasteiger partial charge in [0.2, 0.25) is 0 Å². The second-order valence-corrected chi connectivity index (χ2v) is 4.34. The molecule has 0 bridgehead atoms. The SMILES string of the molecule is Cc1cc(N)c(C(=NO)c2ccccc2)cc1C. The molecule has 2 rings (SSSR count). The van der Waals surface area contributed by atoms with Crippen LogP contribution < -0.4 is 5.73 Å². The molecule has 0 spiro atoms. The van der Waals surface area contributed by atoms with Crippen molar-refractivity contribution in [2.24, 2.45) is 5.16 Å². The van der Waals surface area contributed by atoms with Crippen molar-refractivity contribution in [1.82, 2.24) is 0 Å². The Morgan fingerprint density at radius 3 is 2.28 bits per heavy atom. The molecule has 0 fully saturated rings. The molecular weight excluding hydrogens is 224 g/mol. The number of hydrogen-bond acceptors (Lipinski definition) is 3. The molecule has 18 heavy (non-hydrogen) atoms. The van der Waals surface area contributed by atoms with Gasteiger partial charge in [-0.2, -0.15) is 0 Å². The normalized spacial score (nSPS) is 11.6. The fourth-order valence-electron chi connectivity index (χ4n) is 1.91. The molecule has 0 aromatic heterocycles. The van der Waals surface area contributed by atoms with Gasteiger partial charge in [-0.3, -0.25) is 0 Å². The first-order valence-electron chi connectivity index (χ1n) is 5.78. The number of nitrogens with two attached hydrogens (primary N) is 1. The standard InChI is InChI=1S/C15H16N2O/c1-10-8-13(14(16)9-11(10)2)15(17-18)12-6-4-3-5-7-12/h3-9,18H,16H2,1-2H3. The smallest absolute Gasteiger partial charge is 0.119 e. The van der Waals surface area contributed by atoms with Crippen LogP contribution >= 0.6 is 0 Å². The minimum atomic E-state index is 0.496. The molecule has 0 unspecified atom stereocenters. The van der Waals surface area contributed by atoms with Gasteiger partial charge < -0.3 is 10.9 Å². The summed E-state index contributed by atoms with van der Waals surface area (Å²) in [7, 11) is 0. The van der Waals surface area contributed by atoms with Gasteiger partial charge >= 0.3 is 0 Å². The van der Waals surface area contributed by atoms with Gasteiger partial charge in [0, 0.05) is 16.8 Å². The summed E-state index contributed by atoms with van der Waals surface area (Å²) >= 11 is 0. The minimum Gasteiger partial charge on any atom is -0.410 e. The average molecular weight is 240 g/mol. The van der Waals surface area contributed by atoms with E-state index in [2.05, 4.69) is 5.16 Å². The summed E-state index contributed by atoms with van der Waals surface area (Å²) in [6, 6.07) is 13.4. The van der Waals surface area contributed by atoms with E-state index in [9.17, 15) is 5.21 Å². The van der Waals surface area contributed by atoms with Crippen molar-refractivity contribution in [3.8, 4) is 0 Å². The lowest BCUT2D eigenvalue weighted by molar-refractivity contribution is 0.319. The molecule has 0 radical (unpaired) electrons. The van der Waals surface area contributed by atoms with E-state index in [0.717, 1.165) is 22.3 Å². The lowest BCUT2D eigenvalue weighted by Gasteiger charge is -2.11. The van der Waals surface area contributed by atoms with E-state index in [0.29, 0.717) is 11.4 Å². The minimum absolute atomic E-state index is 0.496. The molecular formula is C15H16N2O. The third-order valence-electron chi connectivity index (χ3n) is 3.07. The monoisotopic (exact) mass is 240 g/mol. The van der Waals surface area contributed by atoms with E-state index < -0.39 is 0 Å². The first kappa shape index (κ1) is 12.2. The Kier molecular flexibility index (Phi) is 3.33. The van der Waals surface area contributed by atoms with Crippen molar-refractivity contribution in [2.75, 3.05) is 5.73 Å². The molecule has 0 amide bonds. The number of anilines is 1. The molecule has 92 valence electrons. The zero-order valence-corrected chi connectivity index (χ0v) is 10.5. The van der Waals surface area contributed by atoms with Crippen molar-refractivity contribution < 1.29 is 5.21 Å². The van der Waals surface area contributed by atoms with Crippen LogP contribution in [0.2, 0.25) is 0 Å². The number of nitrogens with zero attached hydrogens (tertiary/aromatic N) is 1. The van der Waals surface area contributed by atoms with Crippen molar-refractivity contribution in [2.45, 2.75) is 13.8 Å². The number of nitrogen functional groups attached to an aromatic ring is 1. The van der Waals surface area contributed by atoms with Crippen molar-refractivity contribution >= 4 is 11.4 Å². The molecule has 3 heteroatoms. The van der Waals surface area contributed by atoms with Crippen LogP contribution in [0.5, 0.6) is 0 Å². The Labute approximate surface area is 107 Å². The zero-order chi connectivity index (χ0) is 13.1. The zero-order valence-electron chi connectivity index (χ0n) is 10.5. The summed E-state index contributed by atoms with van der Waals surface area (Å²) in [6.07, 6.45) is 0. The Bertz CT molecular complexity index is 589. The van der Waals surface area contributed by atoms with Crippen LogP contribution in [0.25, 0.3) is 0 Å². The van der Waals surface area contributed by atoms with E-state index in [4.69, 9.17) is 5.73 Å². The number of aryl methyl sites for hydroxylation is 2. The number of benzene rings is 2. The van der Waals surface area contributed by atoms with E-state index >= 15 is 0 Å². The lowest BCUT2D eigenvalue weighted by Crippen LogP contribution is -2.08. The quantitative estimate of drug-likeness (QED) is 0.367. The molecule has 0 atom stereocenters. The largest absolute Gasteiger partial charge is 0.410 e. The van der Waals surface area contributed by atoms with Crippen LogP contribution in [0.1, 0.15) is 22.3 Å². The highest BCUT2D eigenvalue weighted by Crippen LogP contribution is 2.21. The molecule has 3 N–H and O–H groups in total. The average Bonchev–Trinajstić information content (AvgIpc) is 2.38. The molecule has 0 aliphatic rings. The number of rotatable bonds is 2. The van der Waals surface area contributed by atoms with Gasteiger partial charge in [0.05, 0.1) is 0 Å². The third-order valence-corrected chi connectivity index (χ3v) is 3.07. The highest BCUT2D eigenvalue weighted by molar-refractivity contribution is 6.15. The fraction of sp³-hybridized carbons (Fsp3) is 0.133. The van der Waals surface area contributed by atoms with Crippen LogP contribution in [0.4, 0.5) is 5.69 Å². The van der Waals surface area contributed by atoms with Crippen LogP contribution in [0.3, 0.4) is 0 Å². The Morgan fingerprint density at radius 1 is 1.06 bits per heavy atom. The van der Waals surface area contributed by atoms with Gasteiger partial charge in [-0.25, -0.2) is 0 Å². The summed E-state index contributed by atoms with van der Waals surface area (Å²) in [4.78, 5) is 0. The highest BCUT2D eigenvalue weighted by atomic mass is 16.4. The van der Waals surface area contributed by atoms with E-state index in [1.165, 1.54) is 0 Å². The topological polar surface area (TPSA) is 58.6 Å². The number of oxime groups is 1. The van der Waals surface area contributed by atoms with Gasteiger partial charge in [-0.05, 0) is 37.1 Å². The second-order valence-electron chi connectivity index (χ2n) is 4.34. The summed E-state index contributed by atoms with van der Waals surface area (Å²) in [5.74, 6) is 0. The Hall–Kier alpha value is -2.29. The molecule has 0 saturated carbocycles.